The molecule has 3 N–H and O–H groups in total. The third-order valence-electron chi connectivity index (χ3n) is 3.43. The van der Waals surface area contributed by atoms with Crippen LogP contribution in [0.5, 0.6) is 0 Å². The van der Waals surface area contributed by atoms with Crippen LogP contribution in [-0.4, -0.2) is 27.7 Å². The van der Waals surface area contributed by atoms with Crippen LogP contribution in [0.4, 0.5) is 10.2 Å². The Bertz CT molecular complexity index is 741. The number of pyridine rings is 1. The molecule has 0 aliphatic rings. The Morgan fingerprint density at radius 1 is 1.19 bits per heavy atom. The minimum Gasteiger partial charge on any atom is -0.394 e. The molecular formula is C16H16FN3O. The number of aliphatic hydroxyl groups excluding tert-OH is 1. The van der Waals surface area contributed by atoms with Gasteiger partial charge in [-0.05, 0) is 30.2 Å². The number of fused-ring (bicyclic) bond motifs is 1. The van der Waals surface area contributed by atoms with E-state index in [2.05, 4.69) is 15.3 Å². The number of nitrogens with one attached hydrogen (secondary N) is 2. The lowest BCUT2D eigenvalue weighted by Gasteiger charge is -2.16. The molecular weight excluding hydrogens is 269 g/mol. The highest BCUT2D eigenvalue weighted by molar-refractivity contribution is 5.83. The van der Waals surface area contributed by atoms with Crippen molar-refractivity contribution in [2.75, 3.05) is 11.9 Å². The van der Waals surface area contributed by atoms with Crippen LogP contribution in [0.2, 0.25) is 0 Å². The summed E-state index contributed by atoms with van der Waals surface area (Å²) in [6.45, 7) is -0.0578. The van der Waals surface area contributed by atoms with Gasteiger partial charge in [0.15, 0.2) is 0 Å². The molecule has 21 heavy (non-hydrogen) atoms. The number of nitrogens with zero attached hydrogens (tertiary/aromatic N) is 1. The number of rotatable bonds is 5. The van der Waals surface area contributed by atoms with Gasteiger partial charge in [0.2, 0.25) is 5.95 Å². The molecule has 0 bridgehead atoms. The molecule has 0 saturated heterocycles. The number of anilines is 1. The molecule has 3 rings (SSSR count). The van der Waals surface area contributed by atoms with E-state index in [1.54, 1.807) is 12.1 Å². The van der Waals surface area contributed by atoms with E-state index in [9.17, 15) is 9.50 Å². The van der Waals surface area contributed by atoms with Gasteiger partial charge in [0.25, 0.3) is 0 Å². The fourth-order valence-electron chi connectivity index (χ4n) is 2.42. The number of para-hydroxylation sites is 1. The monoisotopic (exact) mass is 285 g/mol. The van der Waals surface area contributed by atoms with Gasteiger partial charge < -0.3 is 15.4 Å². The molecule has 0 amide bonds. The second-order valence-electron chi connectivity index (χ2n) is 4.93. The Labute approximate surface area is 121 Å². The molecule has 1 atom stereocenters. The van der Waals surface area contributed by atoms with E-state index in [4.69, 9.17) is 0 Å². The first kappa shape index (κ1) is 13.6. The Balaban J connectivity index is 1.78. The molecule has 2 aromatic heterocycles. The number of benzene rings is 1. The number of aliphatic hydroxyl groups is 1. The summed E-state index contributed by atoms with van der Waals surface area (Å²) >= 11 is 0. The molecule has 0 radical (unpaired) electrons. The zero-order valence-electron chi connectivity index (χ0n) is 11.4. The van der Waals surface area contributed by atoms with Crippen LogP contribution >= 0.6 is 0 Å². The summed E-state index contributed by atoms with van der Waals surface area (Å²) in [6.07, 6.45) is 2.56. The van der Waals surface area contributed by atoms with Crippen molar-refractivity contribution in [3.8, 4) is 0 Å². The fourth-order valence-corrected chi connectivity index (χ4v) is 2.42. The van der Waals surface area contributed by atoms with Crippen molar-refractivity contribution in [1.29, 1.82) is 0 Å². The number of H-pyrrole nitrogens is 1. The lowest BCUT2D eigenvalue weighted by molar-refractivity contribution is 0.273. The van der Waals surface area contributed by atoms with Gasteiger partial charge in [-0.1, -0.05) is 24.3 Å². The van der Waals surface area contributed by atoms with Crippen LogP contribution in [0.3, 0.4) is 0 Å². The third kappa shape index (κ3) is 3.03. The van der Waals surface area contributed by atoms with Gasteiger partial charge in [0, 0.05) is 17.1 Å². The zero-order valence-corrected chi connectivity index (χ0v) is 11.4. The average Bonchev–Trinajstić information content (AvgIpc) is 2.90. The normalized spacial score (nSPS) is 12.5. The summed E-state index contributed by atoms with van der Waals surface area (Å²) in [7, 11) is 0. The van der Waals surface area contributed by atoms with E-state index in [0.717, 1.165) is 16.5 Å². The Kier molecular flexibility index (Phi) is 3.83. The number of aromatic amines is 1. The number of hydrogen-bond acceptors (Lipinski definition) is 3. The van der Waals surface area contributed by atoms with Gasteiger partial charge in [-0.25, -0.2) is 4.98 Å². The Hall–Kier alpha value is -2.40. The van der Waals surface area contributed by atoms with Gasteiger partial charge in [-0.3, -0.25) is 0 Å². The number of aromatic nitrogens is 2. The van der Waals surface area contributed by atoms with E-state index in [1.807, 2.05) is 30.5 Å². The SMILES string of the molecule is OCC(Cc1c[nH]c2ccccc12)Nc1cccc(F)n1. The van der Waals surface area contributed by atoms with Crippen molar-refractivity contribution in [3.63, 3.8) is 0 Å². The van der Waals surface area contributed by atoms with Crippen LogP contribution in [0.1, 0.15) is 5.56 Å². The van der Waals surface area contributed by atoms with E-state index >= 15 is 0 Å². The molecule has 0 aliphatic carbocycles. The molecule has 4 nitrogen and oxygen atoms in total. The summed E-state index contributed by atoms with van der Waals surface area (Å²) in [5, 5.41) is 13.7. The van der Waals surface area contributed by atoms with Gasteiger partial charge in [0.05, 0.1) is 12.6 Å². The first-order chi connectivity index (χ1) is 10.3. The van der Waals surface area contributed by atoms with Crippen molar-refractivity contribution in [2.45, 2.75) is 12.5 Å². The van der Waals surface area contributed by atoms with E-state index < -0.39 is 5.95 Å². The first-order valence-electron chi connectivity index (χ1n) is 6.81. The molecule has 3 aromatic rings. The third-order valence-corrected chi connectivity index (χ3v) is 3.43. The predicted octanol–water partition coefficient (Wildman–Crippen LogP) is 2.72. The Morgan fingerprint density at radius 2 is 2.05 bits per heavy atom. The molecule has 5 heteroatoms. The van der Waals surface area contributed by atoms with Gasteiger partial charge in [-0.2, -0.15) is 4.39 Å². The Morgan fingerprint density at radius 3 is 2.86 bits per heavy atom. The largest absolute Gasteiger partial charge is 0.394 e. The second kappa shape index (κ2) is 5.93. The minimum atomic E-state index is -0.538. The molecule has 1 unspecified atom stereocenters. The van der Waals surface area contributed by atoms with E-state index in [-0.39, 0.29) is 12.6 Å². The van der Waals surface area contributed by atoms with Crippen molar-refractivity contribution in [3.05, 3.63) is 60.2 Å². The number of halogens is 1. The molecule has 0 fully saturated rings. The second-order valence-corrected chi connectivity index (χ2v) is 4.93. The van der Waals surface area contributed by atoms with Crippen molar-refractivity contribution < 1.29 is 9.50 Å². The van der Waals surface area contributed by atoms with Crippen LogP contribution in [0.25, 0.3) is 10.9 Å². The van der Waals surface area contributed by atoms with Crippen LogP contribution in [-0.2, 0) is 6.42 Å². The maximum atomic E-state index is 13.1. The summed E-state index contributed by atoms with van der Waals surface area (Å²) in [5.74, 6) is -0.113. The van der Waals surface area contributed by atoms with Gasteiger partial charge >= 0.3 is 0 Å². The van der Waals surface area contributed by atoms with Gasteiger partial charge in [0.1, 0.15) is 5.82 Å². The molecule has 2 heterocycles. The molecule has 1 aromatic carbocycles. The van der Waals surface area contributed by atoms with Crippen molar-refractivity contribution in [1.82, 2.24) is 9.97 Å². The summed E-state index contributed by atoms with van der Waals surface area (Å²) in [6, 6.07) is 12.3. The summed E-state index contributed by atoms with van der Waals surface area (Å²) < 4.78 is 13.1. The highest BCUT2D eigenvalue weighted by atomic mass is 19.1. The predicted molar refractivity (Wildman–Crippen MR) is 80.7 cm³/mol. The molecule has 0 aliphatic heterocycles. The lowest BCUT2D eigenvalue weighted by atomic mass is 10.1. The maximum Gasteiger partial charge on any atom is 0.214 e. The summed E-state index contributed by atoms with van der Waals surface area (Å²) in [5.41, 5.74) is 2.17. The first-order valence-corrected chi connectivity index (χ1v) is 6.81. The minimum absolute atomic E-state index is 0.0578. The molecule has 0 saturated carbocycles. The van der Waals surface area contributed by atoms with Crippen molar-refractivity contribution >= 4 is 16.7 Å². The quantitative estimate of drug-likeness (QED) is 0.632. The molecule has 0 spiro atoms. The highest BCUT2D eigenvalue weighted by Crippen LogP contribution is 2.20. The van der Waals surface area contributed by atoms with Crippen LogP contribution in [0, 0.1) is 5.95 Å². The topological polar surface area (TPSA) is 60.9 Å². The average molecular weight is 285 g/mol. The van der Waals surface area contributed by atoms with Crippen LogP contribution in [0.15, 0.2) is 48.7 Å². The van der Waals surface area contributed by atoms with E-state index in [0.29, 0.717) is 12.2 Å². The van der Waals surface area contributed by atoms with Crippen molar-refractivity contribution in [2.24, 2.45) is 0 Å². The fraction of sp³-hybridized carbons (Fsp3) is 0.188. The highest BCUT2D eigenvalue weighted by Gasteiger charge is 2.12. The lowest BCUT2D eigenvalue weighted by Crippen LogP contribution is -2.26. The smallest absolute Gasteiger partial charge is 0.214 e. The maximum absolute atomic E-state index is 13.1. The standard InChI is InChI=1S/C16H16FN3O/c17-15-6-3-7-16(20-15)19-12(10-21)8-11-9-18-14-5-2-1-4-13(11)14/h1-7,9,12,18,21H,8,10H2,(H,19,20). The number of hydrogen-bond donors (Lipinski definition) is 3. The van der Waals surface area contributed by atoms with E-state index in [1.165, 1.54) is 6.07 Å². The summed E-state index contributed by atoms with van der Waals surface area (Å²) in [4.78, 5) is 6.96. The molecule has 108 valence electrons. The van der Waals surface area contributed by atoms with Gasteiger partial charge in [-0.15, -0.1) is 0 Å². The zero-order chi connectivity index (χ0) is 14.7. The van der Waals surface area contributed by atoms with Crippen LogP contribution < -0.4 is 5.32 Å².